The van der Waals surface area contributed by atoms with Gasteiger partial charge in [-0.25, -0.2) is 0 Å². The number of hydrazine groups is 1. The highest BCUT2D eigenvalue weighted by molar-refractivity contribution is 7.80. The van der Waals surface area contributed by atoms with E-state index in [0.717, 1.165) is 16.3 Å². The van der Waals surface area contributed by atoms with Gasteiger partial charge >= 0.3 is 0 Å². The molecule has 5 rings (SSSR count). The minimum atomic E-state index is -0.420. The Balaban J connectivity index is 1.23. The lowest BCUT2D eigenvalue weighted by Gasteiger charge is -2.23. The van der Waals surface area contributed by atoms with E-state index in [2.05, 4.69) is 21.2 Å². The highest BCUT2D eigenvalue weighted by Gasteiger charge is 2.35. The maximum absolute atomic E-state index is 12.8. The summed E-state index contributed by atoms with van der Waals surface area (Å²) in [5.41, 5.74) is 7.56. The second-order valence-electron chi connectivity index (χ2n) is 8.92. The van der Waals surface area contributed by atoms with Crippen LogP contribution in [-0.4, -0.2) is 45.3 Å². The van der Waals surface area contributed by atoms with Crippen molar-refractivity contribution in [3.05, 3.63) is 114 Å². The van der Waals surface area contributed by atoms with Crippen molar-refractivity contribution in [3.63, 3.8) is 0 Å². The number of carbonyl (C=O) groups excluding carboxylic acids is 3. The number of nitrogens with one attached hydrogen (secondary N) is 3. The lowest BCUT2D eigenvalue weighted by Crippen LogP contribution is -2.51. The number of aromatic nitrogens is 1. The van der Waals surface area contributed by atoms with E-state index in [9.17, 15) is 14.4 Å². The molecular formula is C29H25N5O3S. The van der Waals surface area contributed by atoms with E-state index in [0.29, 0.717) is 24.0 Å². The van der Waals surface area contributed by atoms with Crippen molar-refractivity contribution in [1.29, 1.82) is 0 Å². The average Bonchev–Trinajstić information content (AvgIpc) is 3.19. The van der Waals surface area contributed by atoms with Crippen molar-refractivity contribution >= 4 is 45.8 Å². The van der Waals surface area contributed by atoms with E-state index in [1.165, 1.54) is 4.90 Å². The summed E-state index contributed by atoms with van der Waals surface area (Å²) in [5.74, 6) is -1.00. The number of rotatable bonds is 7. The fourth-order valence-electron chi connectivity index (χ4n) is 4.55. The van der Waals surface area contributed by atoms with Gasteiger partial charge in [0.2, 0.25) is 0 Å². The van der Waals surface area contributed by atoms with Gasteiger partial charge in [-0.3, -0.25) is 35.1 Å². The third-order valence-corrected chi connectivity index (χ3v) is 6.64. The number of thiocarbonyl (C=S) groups is 1. The number of nitrogens with zero attached hydrogens (tertiary/aromatic N) is 2. The molecule has 0 bridgehead atoms. The molecule has 0 aliphatic carbocycles. The van der Waals surface area contributed by atoms with Gasteiger partial charge in [0.25, 0.3) is 17.7 Å². The Hall–Kier alpha value is -4.63. The Morgan fingerprint density at radius 2 is 1.50 bits per heavy atom. The van der Waals surface area contributed by atoms with Gasteiger partial charge in [0, 0.05) is 24.2 Å². The first-order valence-corrected chi connectivity index (χ1v) is 12.6. The number of hydrogen-bond acceptors (Lipinski definition) is 5. The molecule has 1 atom stereocenters. The number of benzene rings is 3. The SMILES string of the molecule is O=C(NNC(=S)NC(CCN1C(=O)c2ccccc2C1=O)Cc1ccccc1)c1nccc2ccccc12. The Morgan fingerprint density at radius 3 is 2.24 bits per heavy atom. The van der Waals surface area contributed by atoms with Crippen LogP contribution in [-0.2, 0) is 6.42 Å². The minimum Gasteiger partial charge on any atom is -0.358 e. The first-order chi connectivity index (χ1) is 18.5. The molecule has 1 aliphatic heterocycles. The summed E-state index contributed by atoms with van der Waals surface area (Å²) >= 11 is 5.46. The zero-order chi connectivity index (χ0) is 26.5. The van der Waals surface area contributed by atoms with Crippen LogP contribution in [0.5, 0.6) is 0 Å². The van der Waals surface area contributed by atoms with Gasteiger partial charge in [0.05, 0.1) is 11.1 Å². The number of fused-ring (bicyclic) bond motifs is 2. The first-order valence-electron chi connectivity index (χ1n) is 12.2. The largest absolute Gasteiger partial charge is 0.358 e. The molecule has 1 unspecified atom stereocenters. The molecule has 4 aromatic rings. The van der Waals surface area contributed by atoms with E-state index in [4.69, 9.17) is 12.2 Å². The fraction of sp³-hybridized carbons (Fsp3) is 0.138. The number of pyridine rings is 1. The number of hydrogen-bond donors (Lipinski definition) is 3. The van der Waals surface area contributed by atoms with Crippen LogP contribution in [0.25, 0.3) is 10.8 Å². The summed E-state index contributed by atoms with van der Waals surface area (Å²) in [7, 11) is 0. The van der Waals surface area contributed by atoms with Gasteiger partial charge in [-0.15, -0.1) is 0 Å². The van der Waals surface area contributed by atoms with Gasteiger partial charge in [-0.05, 0) is 54.2 Å². The number of imide groups is 1. The van der Waals surface area contributed by atoms with Crippen LogP contribution in [0, 0.1) is 0 Å². The van der Waals surface area contributed by atoms with Crippen LogP contribution in [0.2, 0.25) is 0 Å². The highest BCUT2D eigenvalue weighted by Crippen LogP contribution is 2.23. The van der Waals surface area contributed by atoms with E-state index < -0.39 is 5.91 Å². The maximum Gasteiger partial charge on any atom is 0.288 e. The second-order valence-corrected chi connectivity index (χ2v) is 9.32. The van der Waals surface area contributed by atoms with Crippen LogP contribution in [0.4, 0.5) is 0 Å². The summed E-state index contributed by atoms with van der Waals surface area (Å²) < 4.78 is 0. The van der Waals surface area contributed by atoms with Crippen LogP contribution < -0.4 is 16.2 Å². The standard InChI is InChI=1S/C29H25N5O3S/c35-26(25-22-11-5-4-10-20(22)14-16-30-25)32-33-29(38)31-21(18-19-8-2-1-3-9-19)15-17-34-27(36)23-12-6-7-13-24(23)28(34)37/h1-14,16,21H,15,17-18H2,(H,32,35)(H2,31,33,38). The molecule has 0 spiro atoms. The topological polar surface area (TPSA) is 103 Å². The molecule has 0 fully saturated rings. The van der Waals surface area contributed by atoms with Crippen molar-refractivity contribution < 1.29 is 14.4 Å². The molecule has 38 heavy (non-hydrogen) atoms. The molecule has 3 N–H and O–H groups in total. The van der Waals surface area contributed by atoms with Crippen LogP contribution in [0.15, 0.2) is 91.1 Å². The zero-order valence-corrected chi connectivity index (χ0v) is 21.2. The van der Waals surface area contributed by atoms with Gasteiger partial charge < -0.3 is 5.32 Å². The third-order valence-electron chi connectivity index (χ3n) is 6.42. The predicted molar refractivity (Wildman–Crippen MR) is 148 cm³/mol. The molecule has 8 nitrogen and oxygen atoms in total. The Labute approximate surface area is 225 Å². The molecule has 0 radical (unpaired) electrons. The van der Waals surface area contributed by atoms with E-state index in [1.807, 2.05) is 60.7 Å². The average molecular weight is 524 g/mol. The second kappa shape index (κ2) is 11.2. The van der Waals surface area contributed by atoms with Gasteiger partial charge in [0.15, 0.2) is 5.11 Å². The lowest BCUT2D eigenvalue weighted by molar-refractivity contribution is 0.0648. The Kier molecular flexibility index (Phi) is 7.37. The summed E-state index contributed by atoms with van der Waals surface area (Å²) in [5, 5.41) is 5.07. The van der Waals surface area contributed by atoms with E-state index >= 15 is 0 Å². The lowest BCUT2D eigenvalue weighted by atomic mass is 10.0. The predicted octanol–water partition coefficient (Wildman–Crippen LogP) is 3.64. The number of carbonyl (C=O) groups is 3. The summed E-state index contributed by atoms with van der Waals surface area (Å²) in [6.07, 6.45) is 2.65. The van der Waals surface area contributed by atoms with Crippen LogP contribution >= 0.6 is 12.2 Å². The molecule has 2 heterocycles. The van der Waals surface area contributed by atoms with Gasteiger partial charge in [-0.1, -0.05) is 66.7 Å². The van der Waals surface area contributed by atoms with E-state index in [1.54, 1.807) is 30.5 Å². The summed E-state index contributed by atoms with van der Waals surface area (Å²) in [6, 6.07) is 25.8. The minimum absolute atomic E-state index is 0.210. The van der Waals surface area contributed by atoms with Gasteiger partial charge in [-0.2, -0.15) is 0 Å². The van der Waals surface area contributed by atoms with Crippen molar-refractivity contribution in [2.45, 2.75) is 18.9 Å². The molecule has 0 saturated heterocycles. The van der Waals surface area contributed by atoms with Crippen molar-refractivity contribution in [3.8, 4) is 0 Å². The fourth-order valence-corrected chi connectivity index (χ4v) is 4.76. The summed E-state index contributed by atoms with van der Waals surface area (Å²) in [6.45, 7) is 0.228. The third kappa shape index (κ3) is 5.37. The normalized spacial score (nSPS) is 13.2. The first kappa shape index (κ1) is 25.0. The van der Waals surface area contributed by atoms with Crippen LogP contribution in [0.3, 0.4) is 0 Å². The molecule has 3 amide bonds. The number of amides is 3. The molecule has 1 aliphatic rings. The molecule has 0 saturated carbocycles. The monoisotopic (exact) mass is 523 g/mol. The zero-order valence-electron chi connectivity index (χ0n) is 20.4. The molecule has 9 heteroatoms. The Bertz CT molecular complexity index is 1480. The quantitative estimate of drug-likeness (QED) is 0.193. The Morgan fingerprint density at radius 1 is 0.842 bits per heavy atom. The van der Waals surface area contributed by atoms with Gasteiger partial charge in [0.1, 0.15) is 5.69 Å². The highest BCUT2D eigenvalue weighted by atomic mass is 32.1. The van der Waals surface area contributed by atoms with Crippen molar-refractivity contribution in [2.75, 3.05) is 6.54 Å². The summed E-state index contributed by atoms with van der Waals surface area (Å²) in [4.78, 5) is 43.9. The van der Waals surface area contributed by atoms with E-state index in [-0.39, 0.29) is 35.2 Å². The van der Waals surface area contributed by atoms with Crippen molar-refractivity contribution in [2.24, 2.45) is 0 Å². The molecule has 3 aromatic carbocycles. The molecule has 1 aromatic heterocycles. The smallest absolute Gasteiger partial charge is 0.288 e. The van der Waals surface area contributed by atoms with Crippen LogP contribution in [0.1, 0.15) is 43.2 Å². The molecular weight excluding hydrogens is 498 g/mol. The molecule has 190 valence electrons. The van der Waals surface area contributed by atoms with Crippen molar-refractivity contribution in [1.82, 2.24) is 26.1 Å². The maximum atomic E-state index is 12.8.